The average molecular weight is 239 g/mol. The summed E-state index contributed by atoms with van der Waals surface area (Å²) in [5.41, 5.74) is 0.347. The van der Waals surface area contributed by atoms with Gasteiger partial charge in [0.2, 0.25) is 0 Å². The van der Waals surface area contributed by atoms with E-state index in [0.717, 1.165) is 12.0 Å². The highest BCUT2D eigenvalue weighted by molar-refractivity contribution is 4.95. The molecule has 100 valence electrons. The van der Waals surface area contributed by atoms with Crippen molar-refractivity contribution in [1.82, 2.24) is 15.1 Å². The molecule has 2 heterocycles. The second kappa shape index (κ2) is 5.25. The molecule has 2 saturated heterocycles. The Bertz CT molecular complexity index is 242. The van der Waals surface area contributed by atoms with Crippen LogP contribution in [0.3, 0.4) is 0 Å². The molecule has 2 aliphatic rings. The summed E-state index contributed by atoms with van der Waals surface area (Å²) in [6.07, 6.45) is 1.30. The molecule has 3 nitrogen and oxygen atoms in total. The molecule has 0 spiro atoms. The summed E-state index contributed by atoms with van der Waals surface area (Å²) in [6, 6.07) is 0.770. The van der Waals surface area contributed by atoms with E-state index in [9.17, 15) is 0 Å². The van der Waals surface area contributed by atoms with Crippen molar-refractivity contribution in [3.05, 3.63) is 0 Å². The van der Waals surface area contributed by atoms with E-state index in [1.54, 1.807) is 0 Å². The lowest BCUT2D eigenvalue weighted by atomic mass is 10.0. The number of hydrogen-bond donors (Lipinski definition) is 1. The van der Waals surface area contributed by atoms with Crippen molar-refractivity contribution in [1.29, 1.82) is 0 Å². The van der Waals surface area contributed by atoms with Crippen LogP contribution in [0, 0.1) is 5.92 Å². The van der Waals surface area contributed by atoms with Gasteiger partial charge in [0.25, 0.3) is 0 Å². The molecule has 2 rings (SSSR count). The van der Waals surface area contributed by atoms with Crippen LogP contribution in [-0.4, -0.2) is 60.6 Å². The van der Waals surface area contributed by atoms with Gasteiger partial charge in [0.15, 0.2) is 0 Å². The van der Waals surface area contributed by atoms with Crippen LogP contribution in [0.4, 0.5) is 0 Å². The molecule has 0 aromatic carbocycles. The summed E-state index contributed by atoms with van der Waals surface area (Å²) in [5.74, 6) is 0.800. The lowest BCUT2D eigenvalue weighted by Crippen LogP contribution is -2.51. The molecule has 17 heavy (non-hydrogen) atoms. The minimum Gasteiger partial charge on any atom is -0.310 e. The summed E-state index contributed by atoms with van der Waals surface area (Å²) >= 11 is 0. The van der Waals surface area contributed by atoms with Crippen molar-refractivity contribution in [3.8, 4) is 0 Å². The third kappa shape index (κ3) is 3.67. The zero-order valence-corrected chi connectivity index (χ0v) is 12.0. The zero-order chi connectivity index (χ0) is 12.5. The largest absolute Gasteiger partial charge is 0.310 e. The lowest BCUT2D eigenvalue weighted by Gasteiger charge is -2.38. The van der Waals surface area contributed by atoms with Gasteiger partial charge in [0, 0.05) is 50.8 Å². The first-order chi connectivity index (χ1) is 7.96. The predicted octanol–water partition coefficient (Wildman–Crippen LogP) is 1.40. The smallest absolute Gasteiger partial charge is 0.0239 e. The van der Waals surface area contributed by atoms with Gasteiger partial charge in [-0.15, -0.1) is 0 Å². The topological polar surface area (TPSA) is 18.5 Å². The van der Waals surface area contributed by atoms with E-state index >= 15 is 0 Å². The van der Waals surface area contributed by atoms with E-state index in [-0.39, 0.29) is 0 Å². The monoisotopic (exact) mass is 239 g/mol. The van der Waals surface area contributed by atoms with Gasteiger partial charge >= 0.3 is 0 Å². The highest BCUT2D eigenvalue weighted by Gasteiger charge is 2.34. The van der Waals surface area contributed by atoms with Crippen molar-refractivity contribution in [2.45, 2.75) is 45.7 Å². The number of nitrogens with one attached hydrogen (secondary N) is 1. The normalized spacial score (nSPS) is 31.2. The number of hydrogen-bond acceptors (Lipinski definition) is 3. The van der Waals surface area contributed by atoms with E-state index < -0.39 is 0 Å². The van der Waals surface area contributed by atoms with E-state index in [1.165, 1.54) is 45.7 Å². The Balaban J connectivity index is 1.76. The Labute approximate surface area is 107 Å². The zero-order valence-electron chi connectivity index (χ0n) is 12.0. The Hall–Kier alpha value is -0.120. The van der Waals surface area contributed by atoms with Crippen LogP contribution in [0.25, 0.3) is 0 Å². The standard InChI is InChI=1S/C14H29N3/c1-12(2)11-16-5-7-17(8-6-16)13-9-14(3,4)15-10-13/h12-13,15H,5-11H2,1-4H3. The molecule has 2 fully saturated rings. The minimum atomic E-state index is 0.347. The highest BCUT2D eigenvalue weighted by Crippen LogP contribution is 2.23. The molecule has 3 heteroatoms. The molecule has 0 aliphatic carbocycles. The van der Waals surface area contributed by atoms with Crippen LogP contribution in [0.1, 0.15) is 34.1 Å². The molecule has 1 atom stereocenters. The average Bonchev–Trinajstić information content (AvgIpc) is 2.59. The van der Waals surface area contributed by atoms with Gasteiger partial charge in [0.05, 0.1) is 0 Å². The fraction of sp³-hybridized carbons (Fsp3) is 1.00. The molecule has 0 radical (unpaired) electrons. The van der Waals surface area contributed by atoms with Crippen molar-refractivity contribution in [2.24, 2.45) is 5.92 Å². The summed E-state index contributed by atoms with van der Waals surface area (Å²) in [7, 11) is 0. The second-order valence-electron chi connectivity index (χ2n) is 6.85. The van der Waals surface area contributed by atoms with Gasteiger partial charge in [0.1, 0.15) is 0 Å². The van der Waals surface area contributed by atoms with E-state index in [1.807, 2.05) is 0 Å². The summed E-state index contributed by atoms with van der Waals surface area (Å²) in [5, 5.41) is 3.63. The fourth-order valence-electron chi connectivity index (χ4n) is 3.21. The predicted molar refractivity (Wildman–Crippen MR) is 73.3 cm³/mol. The van der Waals surface area contributed by atoms with Gasteiger partial charge in [-0.25, -0.2) is 0 Å². The van der Waals surface area contributed by atoms with Crippen molar-refractivity contribution < 1.29 is 0 Å². The highest BCUT2D eigenvalue weighted by atomic mass is 15.3. The molecule has 2 aliphatic heterocycles. The van der Waals surface area contributed by atoms with Crippen molar-refractivity contribution in [2.75, 3.05) is 39.3 Å². The Kier molecular flexibility index (Phi) is 4.11. The van der Waals surface area contributed by atoms with Crippen molar-refractivity contribution >= 4 is 0 Å². The summed E-state index contributed by atoms with van der Waals surface area (Å²) in [4.78, 5) is 5.31. The van der Waals surface area contributed by atoms with Crippen LogP contribution < -0.4 is 5.32 Å². The quantitative estimate of drug-likeness (QED) is 0.803. The Morgan fingerprint density at radius 2 is 1.82 bits per heavy atom. The first-order valence-corrected chi connectivity index (χ1v) is 7.18. The maximum absolute atomic E-state index is 3.63. The molecule has 0 amide bonds. The van der Waals surface area contributed by atoms with Crippen LogP contribution in [0.2, 0.25) is 0 Å². The third-order valence-corrected chi connectivity index (χ3v) is 4.11. The molecular formula is C14H29N3. The van der Waals surface area contributed by atoms with Gasteiger partial charge in [-0.05, 0) is 26.2 Å². The molecule has 0 bridgehead atoms. The maximum Gasteiger partial charge on any atom is 0.0239 e. The number of nitrogens with zero attached hydrogens (tertiary/aromatic N) is 2. The molecule has 1 N–H and O–H groups in total. The van der Waals surface area contributed by atoms with Crippen LogP contribution in [-0.2, 0) is 0 Å². The van der Waals surface area contributed by atoms with Gasteiger partial charge < -0.3 is 10.2 Å². The molecule has 0 saturated carbocycles. The lowest BCUT2D eigenvalue weighted by molar-refractivity contribution is 0.0930. The van der Waals surface area contributed by atoms with Gasteiger partial charge in [-0.2, -0.15) is 0 Å². The molecule has 1 unspecified atom stereocenters. The fourth-order valence-corrected chi connectivity index (χ4v) is 3.21. The van der Waals surface area contributed by atoms with E-state index in [0.29, 0.717) is 5.54 Å². The maximum atomic E-state index is 3.63. The van der Waals surface area contributed by atoms with Crippen LogP contribution in [0.5, 0.6) is 0 Å². The minimum absolute atomic E-state index is 0.347. The van der Waals surface area contributed by atoms with Crippen LogP contribution in [0.15, 0.2) is 0 Å². The van der Waals surface area contributed by atoms with E-state index in [2.05, 4.69) is 42.8 Å². The molecule has 0 aromatic heterocycles. The summed E-state index contributed by atoms with van der Waals surface area (Å²) < 4.78 is 0. The first-order valence-electron chi connectivity index (χ1n) is 7.18. The third-order valence-electron chi connectivity index (χ3n) is 4.11. The van der Waals surface area contributed by atoms with E-state index in [4.69, 9.17) is 0 Å². The molecule has 0 aromatic rings. The number of piperazine rings is 1. The Morgan fingerprint density at radius 1 is 1.18 bits per heavy atom. The van der Waals surface area contributed by atoms with Crippen LogP contribution >= 0.6 is 0 Å². The number of rotatable bonds is 3. The van der Waals surface area contributed by atoms with Crippen molar-refractivity contribution in [3.63, 3.8) is 0 Å². The SMILES string of the molecule is CC(C)CN1CCN(C2CNC(C)(C)C2)CC1. The Morgan fingerprint density at radius 3 is 2.29 bits per heavy atom. The summed E-state index contributed by atoms with van der Waals surface area (Å²) in [6.45, 7) is 16.8. The molecular weight excluding hydrogens is 210 g/mol. The van der Waals surface area contributed by atoms with Gasteiger partial charge in [-0.1, -0.05) is 13.8 Å². The van der Waals surface area contributed by atoms with Gasteiger partial charge in [-0.3, -0.25) is 4.90 Å². The first kappa shape index (κ1) is 13.3. The second-order valence-corrected chi connectivity index (χ2v) is 6.85.